The lowest BCUT2D eigenvalue weighted by Gasteiger charge is -2.24. The first kappa shape index (κ1) is 18.9. The fraction of sp³-hybridized carbons (Fsp3) is 0.250. The third-order valence-corrected chi connectivity index (χ3v) is 4.98. The molecule has 1 aliphatic heterocycles. The Bertz CT molecular complexity index is 1160. The van der Waals surface area contributed by atoms with Crippen molar-refractivity contribution in [1.82, 2.24) is 9.55 Å². The van der Waals surface area contributed by atoms with Gasteiger partial charge in [0, 0.05) is 25.5 Å². The van der Waals surface area contributed by atoms with Crippen molar-refractivity contribution < 1.29 is 24.1 Å². The molecule has 1 fully saturated rings. The fourth-order valence-corrected chi connectivity index (χ4v) is 3.68. The molecule has 150 valence electrons. The van der Waals surface area contributed by atoms with Crippen molar-refractivity contribution in [3.8, 4) is 11.6 Å². The minimum atomic E-state index is -1.42. The summed E-state index contributed by atoms with van der Waals surface area (Å²) in [5, 5.41) is 19.2. The topological polar surface area (TPSA) is 105 Å². The van der Waals surface area contributed by atoms with Gasteiger partial charge in [-0.25, -0.2) is 14.2 Å². The number of β-amino-alcohol motifs (C(OH)–C–C–N with tert-alkyl or cyclic N) is 1. The lowest BCUT2D eigenvalue weighted by Crippen LogP contribution is -2.25. The smallest absolute Gasteiger partial charge is 0.341 e. The van der Waals surface area contributed by atoms with Crippen LogP contribution in [0.5, 0.6) is 5.75 Å². The number of ether oxygens (including phenoxy) is 1. The van der Waals surface area contributed by atoms with E-state index in [0.717, 1.165) is 6.07 Å². The normalized spacial score (nSPS) is 16.4. The number of hydrogen-bond acceptors (Lipinski definition) is 6. The molecule has 29 heavy (non-hydrogen) atoms. The lowest BCUT2D eigenvalue weighted by atomic mass is 10.1. The number of rotatable bonds is 4. The van der Waals surface area contributed by atoms with Crippen molar-refractivity contribution in [1.29, 1.82) is 0 Å². The Morgan fingerprint density at radius 2 is 2.17 bits per heavy atom. The number of carboxylic acids is 1. The first-order chi connectivity index (χ1) is 13.9. The maximum Gasteiger partial charge on any atom is 0.341 e. The molecule has 0 saturated carbocycles. The number of aliphatic hydroxyl groups is 1. The van der Waals surface area contributed by atoms with Crippen molar-refractivity contribution in [3.63, 3.8) is 0 Å². The molecule has 1 aliphatic rings. The van der Waals surface area contributed by atoms with Crippen LogP contribution in [0, 0.1) is 5.82 Å². The third-order valence-electron chi connectivity index (χ3n) is 4.98. The molecule has 9 heteroatoms. The monoisotopic (exact) mass is 399 g/mol. The minimum Gasteiger partial charge on any atom is -0.492 e. The summed E-state index contributed by atoms with van der Waals surface area (Å²) in [5.41, 5.74) is -0.999. The number of aliphatic hydroxyl groups excluding tert-OH is 1. The third kappa shape index (κ3) is 3.09. The van der Waals surface area contributed by atoms with E-state index in [2.05, 4.69) is 4.98 Å². The molecule has 3 aromatic rings. The summed E-state index contributed by atoms with van der Waals surface area (Å²) in [6.07, 6.45) is 2.57. The van der Waals surface area contributed by atoms with Gasteiger partial charge in [0.1, 0.15) is 22.6 Å². The highest BCUT2D eigenvalue weighted by Gasteiger charge is 2.29. The lowest BCUT2D eigenvalue weighted by molar-refractivity contribution is 0.0695. The van der Waals surface area contributed by atoms with Crippen LogP contribution < -0.4 is 15.1 Å². The summed E-state index contributed by atoms with van der Waals surface area (Å²) in [4.78, 5) is 30.3. The number of methoxy groups -OCH3 is 1. The number of carboxylic acid groups (broad SMARTS) is 1. The fourth-order valence-electron chi connectivity index (χ4n) is 3.68. The van der Waals surface area contributed by atoms with Crippen LogP contribution in [0.3, 0.4) is 0 Å². The van der Waals surface area contributed by atoms with Crippen LogP contribution in [-0.2, 0) is 0 Å². The van der Waals surface area contributed by atoms with Crippen LogP contribution in [0.25, 0.3) is 16.7 Å². The number of nitrogens with zero attached hydrogens (tertiary/aromatic N) is 3. The van der Waals surface area contributed by atoms with Crippen LogP contribution in [0.4, 0.5) is 10.1 Å². The molecule has 0 amide bonds. The molecule has 1 atom stereocenters. The molecule has 0 aliphatic carbocycles. The van der Waals surface area contributed by atoms with Gasteiger partial charge in [0.05, 0.1) is 18.6 Å². The van der Waals surface area contributed by atoms with Crippen LogP contribution in [-0.4, -0.2) is 52.0 Å². The van der Waals surface area contributed by atoms with Gasteiger partial charge in [-0.05, 0) is 24.6 Å². The Labute approximate surface area is 164 Å². The molecule has 0 radical (unpaired) electrons. The highest BCUT2D eigenvalue weighted by molar-refractivity contribution is 5.97. The van der Waals surface area contributed by atoms with Gasteiger partial charge in [-0.1, -0.05) is 6.07 Å². The number of fused-ring (bicyclic) bond motifs is 1. The Morgan fingerprint density at radius 1 is 1.38 bits per heavy atom. The van der Waals surface area contributed by atoms with Crippen molar-refractivity contribution in [2.45, 2.75) is 12.5 Å². The van der Waals surface area contributed by atoms with Crippen LogP contribution in [0.15, 0.2) is 41.5 Å². The van der Waals surface area contributed by atoms with Crippen molar-refractivity contribution in [3.05, 3.63) is 58.3 Å². The minimum absolute atomic E-state index is 0.0776. The summed E-state index contributed by atoms with van der Waals surface area (Å²) < 4.78 is 22.0. The molecular formula is C20H18FN3O5. The van der Waals surface area contributed by atoms with E-state index in [1.165, 1.54) is 24.1 Å². The summed E-state index contributed by atoms with van der Waals surface area (Å²) in [5.74, 6) is -1.73. The predicted molar refractivity (Wildman–Crippen MR) is 104 cm³/mol. The molecule has 4 rings (SSSR count). The number of hydrogen-bond donors (Lipinski definition) is 2. The molecule has 1 aromatic carbocycles. The maximum absolute atomic E-state index is 15.1. The van der Waals surface area contributed by atoms with E-state index in [0.29, 0.717) is 18.8 Å². The van der Waals surface area contributed by atoms with Gasteiger partial charge in [0.25, 0.3) is 0 Å². The molecule has 3 heterocycles. The van der Waals surface area contributed by atoms with Gasteiger partial charge in [-0.15, -0.1) is 0 Å². The largest absolute Gasteiger partial charge is 0.492 e. The number of benzene rings is 1. The standard InChI is InChI=1S/C20H18FN3O5/c1-29-19-16-12(8-14(21)17(19)23-7-5-11(25)9-23)18(26)13(20(27)28)10-24(16)15-4-2-3-6-22-15/h2-4,6,8,10-11,25H,5,7,9H2,1H3,(H,27,28). The second kappa shape index (κ2) is 7.17. The number of pyridine rings is 2. The van der Waals surface area contributed by atoms with Gasteiger partial charge in [0.15, 0.2) is 11.6 Å². The number of aromatic nitrogens is 2. The zero-order valence-electron chi connectivity index (χ0n) is 15.5. The predicted octanol–water partition coefficient (Wildman–Crippen LogP) is 1.80. The number of anilines is 1. The van der Waals surface area contributed by atoms with Crippen LogP contribution in [0.1, 0.15) is 16.8 Å². The SMILES string of the molecule is COc1c(N2CCC(O)C2)c(F)cc2c(=O)c(C(=O)O)cn(-c3ccccn3)c12. The second-order valence-electron chi connectivity index (χ2n) is 6.76. The van der Waals surface area contributed by atoms with Gasteiger partial charge in [-0.3, -0.25) is 9.36 Å². The first-order valence-electron chi connectivity index (χ1n) is 8.96. The summed E-state index contributed by atoms with van der Waals surface area (Å²) in [7, 11) is 1.35. The Hall–Kier alpha value is -3.46. The molecule has 2 N–H and O–H groups in total. The average molecular weight is 399 g/mol. The summed E-state index contributed by atoms with van der Waals surface area (Å²) in [6.45, 7) is 0.640. The van der Waals surface area contributed by atoms with E-state index >= 15 is 4.39 Å². The zero-order valence-corrected chi connectivity index (χ0v) is 15.5. The Balaban J connectivity index is 2.13. The van der Waals surface area contributed by atoms with E-state index in [9.17, 15) is 19.8 Å². The quantitative estimate of drug-likeness (QED) is 0.689. The molecule has 1 saturated heterocycles. The van der Waals surface area contributed by atoms with Crippen LogP contribution in [0.2, 0.25) is 0 Å². The summed E-state index contributed by atoms with van der Waals surface area (Å²) in [6, 6.07) is 6.06. The van der Waals surface area contributed by atoms with Crippen molar-refractivity contribution in [2.24, 2.45) is 0 Å². The molecule has 8 nitrogen and oxygen atoms in total. The Morgan fingerprint density at radius 3 is 2.76 bits per heavy atom. The average Bonchev–Trinajstić information content (AvgIpc) is 3.13. The van der Waals surface area contributed by atoms with Crippen molar-refractivity contribution >= 4 is 22.6 Å². The maximum atomic E-state index is 15.1. The zero-order chi connectivity index (χ0) is 20.7. The molecule has 2 aromatic heterocycles. The second-order valence-corrected chi connectivity index (χ2v) is 6.76. The molecular weight excluding hydrogens is 381 g/mol. The van der Waals surface area contributed by atoms with E-state index in [1.807, 2.05) is 0 Å². The molecule has 1 unspecified atom stereocenters. The van der Waals surface area contributed by atoms with Gasteiger partial charge in [-0.2, -0.15) is 0 Å². The van der Waals surface area contributed by atoms with Gasteiger partial charge >= 0.3 is 5.97 Å². The Kier molecular flexibility index (Phi) is 4.67. The number of halogens is 1. The van der Waals surface area contributed by atoms with E-state index in [-0.39, 0.29) is 28.9 Å². The molecule has 0 bridgehead atoms. The summed E-state index contributed by atoms with van der Waals surface area (Å²) >= 11 is 0. The number of carbonyl (C=O) groups is 1. The van der Waals surface area contributed by atoms with E-state index in [4.69, 9.17) is 4.74 Å². The first-order valence-corrected chi connectivity index (χ1v) is 8.96. The van der Waals surface area contributed by atoms with Crippen LogP contribution >= 0.6 is 0 Å². The highest BCUT2D eigenvalue weighted by Crippen LogP contribution is 2.40. The van der Waals surface area contributed by atoms with E-state index in [1.54, 1.807) is 23.1 Å². The highest BCUT2D eigenvalue weighted by atomic mass is 19.1. The van der Waals surface area contributed by atoms with Gasteiger partial charge in [0.2, 0.25) is 5.43 Å². The van der Waals surface area contributed by atoms with E-state index < -0.39 is 28.9 Å². The molecule has 0 spiro atoms. The van der Waals surface area contributed by atoms with Gasteiger partial charge < -0.3 is 19.8 Å². The number of aromatic carboxylic acids is 1. The van der Waals surface area contributed by atoms with Crippen molar-refractivity contribution in [2.75, 3.05) is 25.1 Å².